The molecule has 0 radical (unpaired) electrons. The van der Waals surface area contributed by atoms with Crippen LogP contribution in [0.2, 0.25) is 5.02 Å². The molecule has 1 N–H and O–H groups in total. The minimum absolute atomic E-state index is 0.0535. The lowest BCUT2D eigenvalue weighted by molar-refractivity contribution is 0.268. The van der Waals surface area contributed by atoms with E-state index in [0.717, 1.165) is 36.1 Å². The van der Waals surface area contributed by atoms with Crippen LogP contribution in [0, 0.1) is 0 Å². The summed E-state index contributed by atoms with van der Waals surface area (Å²) < 4.78 is 55.6. The highest BCUT2D eigenvalue weighted by molar-refractivity contribution is 7.89. The van der Waals surface area contributed by atoms with Gasteiger partial charge in [-0.15, -0.1) is 0 Å². The molecule has 0 amide bonds. The van der Waals surface area contributed by atoms with Gasteiger partial charge >= 0.3 is 0 Å². The number of nitrogens with one attached hydrogen (secondary N) is 1. The van der Waals surface area contributed by atoms with Gasteiger partial charge in [0, 0.05) is 36.6 Å². The topological polar surface area (TPSA) is 103 Å². The van der Waals surface area contributed by atoms with Crippen LogP contribution in [0.15, 0.2) is 52.3 Å². The van der Waals surface area contributed by atoms with Crippen molar-refractivity contribution in [2.24, 2.45) is 0 Å². The van der Waals surface area contributed by atoms with E-state index in [4.69, 9.17) is 11.6 Å². The summed E-state index contributed by atoms with van der Waals surface area (Å²) >= 11 is 6.06. The van der Waals surface area contributed by atoms with Crippen LogP contribution in [0.1, 0.15) is 50.8 Å². The van der Waals surface area contributed by atoms with Crippen molar-refractivity contribution in [3.63, 3.8) is 0 Å². The number of sulfonamides is 2. The van der Waals surface area contributed by atoms with Crippen LogP contribution in [-0.4, -0.2) is 61.1 Å². The molecule has 0 bridgehead atoms. The van der Waals surface area contributed by atoms with Gasteiger partial charge in [0.2, 0.25) is 20.0 Å². The summed E-state index contributed by atoms with van der Waals surface area (Å²) in [4.78, 5) is 8.22. The van der Waals surface area contributed by atoms with Crippen molar-refractivity contribution in [2.45, 2.75) is 60.8 Å². The van der Waals surface area contributed by atoms with Crippen LogP contribution in [0.25, 0.3) is 11.0 Å². The minimum atomic E-state index is -3.72. The number of imidazole rings is 1. The fraction of sp³-hybridized carbons (Fsp3) is 0.458. The van der Waals surface area contributed by atoms with Gasteiger partial charge in [0.25, 0.3) is 0 Å². The Morgan fingerprint density at radius 3 is 2.20 bits per heavy atom. The van der Waals surface area contributed by atoms with Crippen LogP contribution >= 0.6 is 11.6 Å². The number of aromatic amines is 1. The van der Waals surface area contributed by atoms with Crippen molar-refractivity contribution in [1.82, 2.24) is 18.6 Å². The zero-order valence-corrected chi connectivity index (χ0v) is 21.9. The summed E-state index contributed by atoms with van der Waals surface area (Å²) in [6.07, 6.45) is 3.99. The average Bonchev–Trinajstić information content (AvgIpc) is 3.27. The van der Waals surface area contributed by atoms with Gasteiger partial charge in [-0.1, -0.05) is 18.0 Å². The van der Waals surface area contributed by atoms with Crippen molar-refractivity contribution in [1.29, 1.82) is 0 Å². The lowest BCUT2D eigenvalue weighted by Crippen LogP contribution is -2.41. The molecule has 0 aliphatic carbocycles. The van der Waals surface area contributed by atoms with E-state index in [2.05, 4.69) is 9.97 Å². The molecule has 3 aromatic rings. The normalized spacial score (nSPS) is 21.5. The van der Waals surface area contributed by atoms with Crippen molar-refractivity contribution in [3.05, 3.63) is 53.3 Å². The van der Waals surface area contributed by atoms with E-state index in [9.17, 15) is 16.8 Å². The van der Waals surface area contributed by atoms with Gasteiger partial charge in [-0.25, -0.2) is 21.8 Å². The number of rotatable bonds is 5. The summed E-state index contributed by atoms with van der Waals surface area (Å²) in [6, 6.07) is 11.1. The molecule has 2 saturated heterocycles. The third kappa shape index (κ3) is 4.74. The Balaban J connectivity index is 1.28. The smallest absolute Gasteiger partial charge is 0.243 e. The number of H-pyrrole nitrogens is 1. The maximum atomic E-state index is 13.3. The molecule has 5 rings (SSSR count). The molecule has 2 aliphatic heterocycles. The van der Waals surface area contributed by atoms with E-state index in [0.29, 0.717) is 37.5 Å². The van der Waals surface area contributed by atoms with Gasteiger partial charge < -0.3 is 4.98 Å². The number of benzene rings is 2. The fourth-order valence-electron chi connectivity index (χ4n) is 5.06. The second-order valence-corrected chi connectivity index (χ2v) is 13.7. The van der Waals surface area contributed by atoms with Gasteiger partial charge in [-0.2, -0.15) is 8.61 Å². The molecule has 2 aliphatic rings. The van der Waals surface area contributed by atoms with Crippen molar-refractivity contribution >= 4 is 42.7 Å². The highest BCUT2D eigenvalue weighted by Gasteiger charge is 2.33. The first-order valence-corrected chi connectivity index (χ1v) is 15.2. The molecule has 11 heteroatoms. The summed E-state index contributed by atoms with van der Waals surface area (Å²) in [5, 5.41) is 0.637. The fourth-order valence-corrected chi connectivity index (χ4v) is 8.40. The van der Waals surface area contributed by atoms with Gasteiger partial charge in [0.1, 0.15) is 5.82 Å². The number of piperidine rings is 2. The Kier molecular flexibility index (Phi) is 6.69. The Morgan fingerprint density at radius 2 is 1.54 bits per heavy atom. The van der Waals surface area contributed by atoms with Crippen LogP contribution < -0.4 is 0 Å². The molecule has 2 aromatic carbocycles. The number of hydrogen-bond donors (Lipinski definition) is 1. The van der Waals surface area contributed by atoms with Gasteiger partial charge in [0.05, 0.1) is 20.8 Å². The first kappa shape index (κ1) is 24.7. The zero-order chi connectivity index (χ0) is 24.8. The quantitative estimate of drug-likeness (QED) is 0.522. The third-order valence-electron chi connectivity index (χ3n) is 7.11. The Labute approximate surface area is 211 Å². The lowest BCUT2D eigenvalue weighted by Gasteiger charge is -2.32. The van der Waals surface area contributed by atoms with Crippen LogP contribution in [0.3, 0.4) is 0 Å². The largest absolute Gasteiger partial charge is 0.342 e. The molecular weight excluding hydrogens is 508 g/mol. The second kappa shape index (κ2) is 9.48. The van der Waals surface area contributed by atoms with Crippen LogP contribution in [0.4, 0.5) is 0 Å². The Bertz CT molecular complexity index is 1430. The number of fused-ring (bicyclic) bond motifs is 1. The maximum Gasteiger partial charge on any atom is 0.243 e. The Morgan fingerprint density at radius 1 is 0.886 bits per heavy atom. The summed E-state index contributed by atoms with van der Waals surface area (Å²) in [7, 11) is -7.36. The molecule has 0 spiro atoms. The number of aromatic nitrogens is 2. The molecule has 1 atom stereocenters. The van der Waals surface area contributed by atoms with E-state index in [-0.39, 0.29) is 21.8 Å². The standard InChI is InChI=1S/C24H29ClN4O4S2/c1-17-4-2-3-13-29(17)35(32,33)21-8-6-20(7-9-21)34(30,31)28-14-11-18(12-15-28)24-26-22-10-5-19(25)16-23(22)27-24/h5-10,16-18H,2-4,11-15H2,1H3,(H,26,27)/t17-/m1/s1. The molecular formula is C24H29ClN4O4S2. The van der Waals surface area contributed by atoms with Crippen LogP contribution in [-0.2, 0) is 20.0 Å². The van der Waals surface area contributed by atoms with Crippen molar-refractivity contribution in [3.8, 4) is 0 Å². The molecule has 8 nitrogen and oxygen atoms in total. The Hall–Kier alpha value is -1.98. The summed E-state index contributed by atoms with van der Waals surface area (Å²) in [5.41, 5.74) is 1.71. The van der Waals surface area contributed by atoms with E-state index in [1.807, 2.05) is 19.1 Å². The summed E-state index contributed by atoms with van der Waals surface area (Å²) in [5.74, 6) is 0.979. The van der Waals surface area contributed by atoms with E-state index >= 15 is 0 Å². The average molecular weight is 537 g/mol. The minimum Gasteiger partial charge on any atom is -0.342 e. The molecule has 0 unspecified atom stereocenters. The molecule has 188 valence electrons. The second-order valence-electron chi connectivity index (χ2n) is 9.39. The first-order chi connectivity index (χ1) is 16.7. The summed E-state index contributed by atoms with van der Waals surface area (Å²) in [6.45, 7) is 3.16. The van der Waals surface area contributed by atoms with Crippen molar-refractivity contribution < 1.29 is 16.8 Å². The number of halogens is 1. The van der Waals surface area contributed by atoms with Crippen LogP contribution in [0.5, 0.6) is 0 Å². The predicted octanol–water partition coefficient (Wildman–Crippen LogP) is 4.35. The van der Waals surface area contributed by atoms with Crippen molar-refractivity contribution in [2.75, 3.05) is 19.6 Å². The third-order valence-corrected chi connectivity index (χ3v) is 11.3. The monoisotopic (exact) mass is 536 g/mol. The maximum absolute atomic E-state index is 13.3. The highest BCUT2D eigenvalue weighted by atomic mass is 35.5. The van der Waals surface area contributed by atoms with Gasteiger partial charge in [-0.3, -0.25) is 0 Å². The zero-order valence-electron chi connectivity index (χ0n) is 19.5. The van der Waals surface area contributed by atoms with Gasteiger partial charge in [0.15, 0.2) is 0 Å². The molecule has 35 heavy (non-hydrogen) atoms. The predicted molar refractivity (Wildman–Crippen MR) is 135 cm³/mol. The van der Waals surface area contributed by atoms with E-state index in [1.165, 1.54) is 32.9 Å². The van der Waals surface area contributed by atoms with Gasteiger partial charge in [-0.05, 0) is 75.1 Å². The highest BCUT2D eigenvalue weighted by Crippen LogP contribution is 2.32. The molecule has 1 aromatic heterocycles. The molecule has 2 fully saturated rings. The number of hydrogen-bond acceptors (Lipinski definition) is 5. The lowest BCUT2D eigenvalue weighted by atomic mass is 9.97. The molecule has 3 heterocycles. The van der Waals surface area contributed by atoms with E-state index < -0.39 is 20.0 Å². The molecule has 0 saturated carbocycles. The first-order valence-electron chi connectivity index (χ1n) is 11.9. The SMILES string of the molecule is C[C@@H]1CCCCN1S(=O)(=O)c1ccc(S(=O)(=O)N2CCC(c3nc4ccc(Cl)cc4[nH]3)CC2)cc1. The number of nitrogens with zero attached hydrogens (tertiary/aromatic N) is 3. The van der Waals surface area contributed by atoms with E-state index in [1.54, 1.807) is 6.07 Å².